The summed E-state index contributed by atoms with van der Waals surface area (Å²) in [5.41, 5.74) is 7.86. The van der Waals surface area contributed by atoms with Gasteiger partial charge in [0.15, 0.2) is 0 Å². The molecule has 0 aliphatic rings. The number of hydrogen-bond acceptors (Lipinski definition) is 2. The molecule has 0 aliphatic carbocycles. The predicted octanol–water partition coefficient (Wildman–Crippen LogP) is 4.21. The van der Waals surface area contributed by atoms with Gasteiger partial charge in [-0.25, -0.2) is 0 Å². The number of anilines is 1. The van der Waals surface area contributed by atoms with Crippen LogP contribution in [0.15, 0.2) is 53.0 Å². The van der Waals surface area contributed by atoms with E-state index in [-0.39, 0.29) is 6.04 Å². The van der Waals surface area contributed by atoms with Crippen LogP contribution >= 0.6 is 27.5 Å². The smallest absolute Gasteiger partial charge is 0.0637 e. The van der Waals surface area contributed by atoms with E-state index in [0.717, 1.165) is 15.7 Å². The van der Waals surface area contributed by atoms with Gasteiger partial charge in [0.1, 0.15) is 0 Å². The maximum atomic E-state index is 6.13. The molecule has 1 atom stereocenters. The lowest BCUT2D eigenvalue weighted by Gasteiger charge is -2.19. The van der Waals surface area contributed by atoms with Crippen LogP contribution in [0.2, 0.25) is 5.02 Å². The Morgan fingerprint density at radius 1 is 1.17 bits per heavy atom. The fourth-order valence-corrected chi connectivity index (χ4v) is 2.37. The van der Waals surface area contributed by atoms with Crippen molar-refractivity contribution in [2.24, 2.45) is 5.73 Å². The van der Waals surface area contributed by atoms with Gasteiger partial charge in [-0.2, -0.15) is 0 Å². The summed E-state index contributed by atoms with van der Waals surface area (Å²) < 4.78 is 1.04. The Bertz CT molecular complexity index is 531. The second-order valence-electron chi connectivity index (χ2n) is 3.97. The van der Waals surface area contributed by atoms with Crippen LogP contribution in [0.5, 0.6) is 0 Å². The molecule has 0 aromatic heterocycles. The van der Waals surface area contributed by atoms with E-state index in [1.54, 1.807) is 0 Å². The highest BCUT2D eigenvalue weighted by molar-refractivity contribution is 9.10. The minimum Gasteiger partial charge on any atom is -0.376 e. The summed E-state index contributed by atoms with van der Waals surface area (Å²) in [4.78, 5) is 0. The van der Waals surface area contributed by atoms with Crippen molar-refractivity contribution in [1.82, 2.24) is 0 Å². The molecule has 2 nitrogen and oxygen atoms in total. The largest absolute Gasteiger partial charge is 0.376 e. The molecule has 2 aromatic rings. The van der Waals surface area contributed by atoms with E-state index in [0.29, 0.717) is 11.6 Å². The maximum absolute atomic E-state index is 6.13. The molecule has 1 unspecified atom stereocenters. The minimum absolute atomic E-state index is 0.0439. The van der Waals surface area contributed by atoms with E-state index in [4.69, 9.17) is 17.3 Å². The number of halogens is 2. The van der Waals surface area contributed by atoms with E-state index >= 15 is 0 Å². The molecule has 94 valence electrons. The second kappa shape index (κ2) is 6.23. The van der Waals surface area contributed by atoms with Gasteiger partial charge in [0.25, 0.3) is 0 Å². The molecule has 2 aromatic carbocycles. The fourth-order valence-electron chi connectivity index (χ4n) is 1.77. The molecule has 2 rings (SSSR count). The molecule has 0 heterocycles. The molecule has 0 bridgehead atoms. The van der Waals surface area contributed by atoms with Gasteiger partial charge in [0.2, 0.25) is 0 Å². The second-order valence-corrected chi connectivity index (χ2v) is 5.29. The quantitative estimate of drug-likeness (QED) is 0.883. The molecular formula is C14H14BrClN2. The highest BCUT2D eigenvalue weighted by Gasteiger charge is 2.11. The third-order valence-corrected chi connectivity index (χ3v) is 3.51. The Morgan fingerprint density at radius 3 is 2.61 bits per heavy atom. The van der Waals surface area contributed by atoms with Crippen LogP contribution in [0.25, 0.3) is 0 Å². The van der Waals surface area contributed by atoms with Crippen molar-refractivity contribution in [3.8, 4) is 0 Å². The number of hydrogen-bond donors (Lipinski definition) is 2. The average molecular weight is 326 g/mol. The Balaban J connectivity index is 2.23. The van der Waals surface area contributed by atoms with Crippen molar-refractivity contribution in [3.05, 3.63) is 63.6 Å². The van der Waals surface area contributed by atoms with Gasteiger partial charge in [-0.3, -0.25) is 0 Å². The Kier molecular flexibility index (Phi) is 4.64. The SMILES string of the molecule is NCC(Nc1ccccc1Cl)c1cccc(Br)c1. The van der Waals surface area contributed by atoms with Crippen molar-refractivity contribution in [2.45, 2.75) is 6.04 Å². The van der Waals surface area contributed by atoms with E-state index < -0.39 is 0 Å². The monoisotopic (exact) mass is 324 g/mol. The first-order valence-corrected chi connectivity index (χ1v) is 6.84. The number of benzene rings is 2. The lowest BCUT2D eigenvalue weighted by atomic mass is 10.1. The van der Waals surface area contributed by atoms with Crippen LogP contribution in [-0.2, 0) is 0 Å². The molecule has 0 radical (unpaired) electrons. The molecule has 0 spiro atoms. The third kappa shape index (κ3) is 3.25. The highest BCUT2D eigenvalue weighted by Crippen LogP contribution is 2.26. The van der Waals surface area contributed by atoms with Crippen molar-refractivity contribution in [3.63, 3.8) is 0 Å². The lowest BCUT2D eigenvalue weighted by Crippen LogP contribution is -2.20. The van der Waals surface area contributed by atoms with E-state index in [1.807, 2.05) is 42.5 Å². The Morgan fingerprint density at radius 2 is 1.94 bits per heavy atom. The number of para-hydroxylation sites is 1. The minimum atomic E-state index is 0.0439. The van der Waals surface area contributed by atoms with Gasteiger partial charge in [0.05, 0.1) is 16.8 Å². The third-order valence-electron chi connectivity index (χ3n) is 2.69. The molecular weight excluding hydrogens is 312 g/mol. The number of rotatable bonds is 4. The van der Waals surface area contributed by atoms with Gasteiger partial charge in [-0.1, -0.05) is 51.8 Å². The average Bonchev–Trinajstić information content (AvgIpc) is 2.38. The van der Waals surface area contributed by atoms with E-state index in [1.165, 1.54) is 0 Å². The van der Waals surface area contributed by atoms with Gasteiger partial charge in [-0.05, 0) is 29.8 Å². The number of nitrogens with two attached hydrogens (primary N) is 1. The molecule has 0 saturated carbocycles. The van der Waals surface area contributed by atoms with Crippen molar-refractivity contribution >= 4 is 33.2 Å². The zero-order valence-corrected chi connectivity index (χ0v) is 12.1. The molecule has 0 fully saturated rings. The zero-order valence-electron chi connectivity index (χ0n) is 9.74. The van der Waals surface area contributed by atoms with Gasteiger partial charge < -0.3 is 11.1 Å². The van der Waals surface area contributed by atoms with Gasteiger partial charge >= 0.3 is 0 Å². The molecule has 4 heteroatoms. The predicted molar refractivity (Wildman–Crippen MR) is 81.0 cm³/mol. The summed E-state index contributed by atoms with van der Waals surface area (Å²) in [6.45, 7) is 0.502. The molecule has 0 saturated heterocycles. The summed E-state index contributed by atoms with van der Waals surface area (Å²) in [5.74, 6) is 0. The van der Waals surface area contributed by atoms with Gasteiger partial charge in [0, 0.05) is 11.0 Å². The first-order chi connectivity index (χ1) is 8.70. The van der Waals surface area contributed by atoms with E-state index in [2.05, 4.69) is 27.3 Å². The van der Waals surface area contributed by atoms with Crippen molar-refractivity contribution < 1.29 is 0 Å². The fraction of sp³-hybridized carbons (Fsp3) is 0.143. The molecule has 18 heavy (non-hydrogen) atoms. The Hall–Kier alpha value is -1.03. The standard InChI is InChI=1S/C14H14BrClN2/c15-11-5-3-4-10(8-11)14(9-17)18-13-7-2-1-6-12(13)16/h1-8,14,18H,9,17H2. The van der Waals surface area contributed by atoms with E-state index in [9.17, 15) is 0 Å². The summed E-state index contributed by atoms with van der Waals surface area (Å²) in [6, 6.07) is 15.8. The highest BCUT2D eigenvalue weighted by atomic mass is 79.9. The lowest BCUT2D eigenvalue weighted by molar-refractivity contribution is 0.789. The molecule has 3 N–H and O–H groups in total. The summed E-state index contributed by atoms with van der Waals surface area (Å²) in [5, 5.41) is 4.06. The molecule has 0 amide bonds. The first-order valence-electron chi connectivity index (χ1n) is 5.67. The molecule has 0 aliphatic heterocycles. The maximum Gasteiger partial charge on any atom is 0.0637 e. The van der Waals surface area contributed by atoms with Crippen LogP contribution in [0.1, 0.15) is 11.6 Å². The first kappa shape index (κ1) is 13.4. The van der Waals surface area contributed by atoms with Crippen molar-refractivity contribution in [2.75, 3.05) is 11.9 Å². The topological polar surface area (TPSA) is 38.0 Å². The summed E-state index contributed by atoms with van der Waals surface area (Å²) in [6.07, 6.45) is 0. The van der Waals surface area contributed by atoms with Crippen LogP contribution in [0.4, 0.5) is 5.69 Å². The van der Waals surface area contributed by atoms with Crippen molar-refractivity contribution in [1.29, 1.82) is 0 Å². The van der Waals surface area contributed by atoms with Crippen LogP contribution in [-0.4, -0.2) is 6.54 Å². The summed E-state index contributed by atoms with van der Waals surface area (Å²) in [7, 11) is 0. The van der Waals surface area contributed by atoms with Crippen LogP contribution in [0, 0.1) is 0 Å². The van der Waals surface area contributed by atoms with Crippen LogP contribution in [0.3, 0.4) is 0 Å². The zero-order chi connectivity index (χ0) is 13.0. The van der Waals surface area contributed by atoms with Gasteiger partial charge in [-0.15, -0.1) is 0 Å². The van der Waals surface area contributed by atoms with Crippen LogP contribution < -0.4 is 11.1 Å². The number of nitrogens with one attached hydrogen (secondary N) is 1. The summed E-state index contributed by atoms with van der Waals surface area (Å²) >= 11 is 9.60. The normalized spacial score (nSPS) is 12.2. The Labute approximate surface area is 120 Å².